The molecule has 202 valence electrons. The van der Waals surface area contributed by atoms with E-state index in [0.717, 1.165) is 25.7 Å². The lowest BCUT2D eigenvalue weighted by atomic mass is 9.62. The van der Waals surface area contributed by atoms with Crippen LogP contribution in [-0.4, -0.2) is 63.7 Å². The third kappa shape index (κ3) is 4.07. The van der Waals surface area contributed by atoms with Crippen LogP contribution in [-0.2, 0) is 19.1 Å². The van der Waals surface area contributed by atoms with Crippen LogP contribution in [0.5, 0.6) is 0 Å². The Morgan fingerprint density at radius 1 is 1.14 bits per heavy atom. The number of rotatable bonds is 7. The molecule has 1 aromatic carbocycles. The van der Waals surface area contributed by atoms with Gasteiger partial charge in [-0.2, -0.15) is 0 Å². The van der Waals surface area contributed by atoms with Crippen LogP contribution in [0.4, 0.5) is 5.69 Å². The summed E-state index contributed by atoms with van der Waals surface area (Å²) in [6, 6.07) is 7.85. The number of carbonyl (C=O) groups is 3. The molecular weight excluding hydrogens is 470 g/mol. The predicted octanol–water partition coefficient (Wildman–Crippen LogP) is 3.10. The molecule has 3 N–H and O–H groups in total. The fourth-order valence-corrected chi connectivity index (χ4v) is 7.62. The van der Waals surface area contributed by atoms with Gasteiger partial charge in [-0.1, -0.05) is 58.2 Å². The van der Waals surface area contributed by atoms with Gasteiger partial charge in [-0.25, -0.2) is 0 Å². The number of hydrogen-bond acceptors (Lipinski definition) is 5. The summed E-state index contributed by atoms with van der Waals surface area (Å²) < 4.78 is 6.79. The molecule has 4 fully saturated rings. The smallest absolute Gasteiger partial charge is 0.246 e. The zero-order valence-electron chi connectivity index (χ0n) is 22.4. The van der Waals surface area contributed by atoms with Crippen molar-refractivity contribution in [2.75, 3.05) is 11.9 Å². The van der Waals surface area contributed by atoms with E-state index < -0.39 is 35.1 Å². The summed E-state index contributed by atoms with van der Waals surface area (Å²) in [5, 5.41) is 16.6. The summed E-state index contributed by atoms with van der Waals surface area (Å²) in [5.74, 6) is -2.38. The van der Waals surface area contributed by atoms with E-state index in [1.807, 2.05) is 58.0 Å². The molecule has 1 saturated carbocycles. The van der Waals surface area contributed by atoms with Gasteiger partial charge in [0.1, 0.15) is 11.6 Å². The molecule has 0 radical (unpaired) electrons. The minimum Gasteiger partial charge on any atom is -0.394 e. The monoisotopic (exact) mass is 511 g/mol. The molecule has 8 nitrogen and oxygen atoms in total. The second kappa shape index (κ2) is 9.70. The summed E-state index contributed by atoms with van der Waals surface area (Å²) >= 11 is 0. The molecule has 1 spiro atoms. The van der Waals surface area contributed by atoms with Crippen LogP contribution in [0.15, 0.2) is 30.3 Å². The molecule has 4 aliphatic rings. The highest BCUT2D eigenvalue weighted by molar-refractivity contribution is 6.02. The van der Waals surface area contributed by atoms with Crippen molar-refractivity contribution in [3.05, 3.63) is 30.3 Å². The van der Waals surface area contributed by atoms with Gasteiger partial charge in [0, 0.05) is 11.7 Å². The van der Waals surface area contributed by atoms with E-state index in [1.165, 1.54) is 6.42 Å². The quantitative estimate of drug-likeness (QED) is 0.521. The van der Waals surface area contributed by atoms with Crippen molar-refractivity contribution in [3.63, 3.8) is 0 Å². The van der Waals surface area contributed by atoms with E-state index in [0.29, 0.717) is 12.1 Å². The minimum atomic E-state index is -1.11. The Bertz CT molecular complexity index is 1040. The van der Waals surface area contributed by atoms with Crippen LogP contribution in [0.3, 0.4) is 0 Å². The lowest BCUT2D eigenvalue weighted by Gasteiger charge is -2.39. The Kier molecular flexibility index (Phi) is 6.86. The van der Waals surface area contributed by atoms with Gasteiger partial charge >= 0.3 is 0 Å². The van der Waals surface area contributed by atoms with Crippen molar-refractivity contribution in [1.29, 1.82) is 0 Å². The number of anilines is 1. The Balaban J connectivity index is 1.54. The average Bonchev–Trinajstić information content (AvgIpc) is 3.37. The van der Waals surface area contributed by atoms with Gasteiger partial charge in [0.25, 0.3) is 0 Å². The normalized spacial score (nSPS) is 36.1. The van der Waals surface area contributed by atoms with Crippen molar-refractivity contribution in [2.24, 2.45) is 23.7 Å². The maximum Gasteiger partial charge on any atom is 0.246 e. The van der Waals surface area contributed by atoms with Gasteiger partial charge in [-0.05, 0) is 50.2 Å². The average molecular weight is 512 g/mol. The van der Waals surface area contributed by atoms with Crippen LogP contribution in [0.2, 0.25) is 0 Å². The Hall–Kier alpha value is -2.45. The van der Waals surface area contributed by atoms with Crippen molar-refractivity contribution in [3.8, 4) is 0 Å². The van der Waals surface area contributed by atoms with Crippen LogP contribution >= 0.6 is 0 Å². The molecule has 3 aliphatic heterocycles. The fraction of sp³-hybridized carbons (Fsp3) is 0.690. The molecule has 37 heavy (non-hydrogen) atoms. The molecule has 0 aromatic heterocycles. The first-order valence-electron chi connectivity index (χ1n) is 13.9. The predicted molar refractivity (Wildman–Crippen MR) is 139 cm³/mol. The number of benzene rings is 1. The number of carbonyl (C=O) groups excluding carboxylic acids is 3. The van der Waals surface area contributed by atoms with Crippen molar-refractivity contribution in [2.45, 2.75) is 95.5 Å². The molecule has 1 aliphatic carbocycles. The van der Waals surface area contributed by atoms with Crippen LogP contribution < -0.4 is 10.6 Å². The largest absolute Gasteiger partial charge is 0.394 e. The summed E-state index contributed by atoms with van der Waals surface area (Å²) in [6.45, 7) is 7.59. The zero-order chi connectivity index (χ0) is 26.5. The molecule has 5 rings (SSSR count). The fourth-order valence-electron chi connectivity index (χ4n) is 7.62. The molecule has 7 atom stereocenters. The van der Waals surface area contributed by atoms with Crippen molar-refractivity contribution in [1.82, 2.24) is 10.2 Å². The van der Waals surface area contributed by atoms with E-state index in [-0.39, 0.29) is 42.2 Å². The second-order valence-electron chi connectivity index (χ2n) is 12.1. The number of nitrogens with zero attached hydrogens (tertiary/aromatic N) is 1. The van der Waals surface area contributed by atoms with E-state index in [2.05, 4.69) is 10.6 Å². The number of likely N-dealkylation sites (tertiary alicyclic amines) is 1. The lowest BCUT2D eigenvalue weighted by molar-refractivity contribution is -0.151. The van der Waals surface area contributed by atoms with Gasteiger partial charge in [0.2, 0.25) is 17.7 Å². The number of fused-ring (bicyclic) bond motifs is 1. The van der Waals surface area contributed by atoms with Gasteiger partial charge in [0.05, 0.1) is 30.1 Å². The number of aliphatic hydroxyl groups is 1. The SMILES string of the molecule is CC(C)[C@H](CO)N1C(=O)[C@@H]2[C@H](C(=O)Nc3ccccc3)[C@@]3(C)OC2(CC3C)C1C(=O)NC1CCCCC1. The van der Waals surface area contributed by atoms with E-state index >= 15 is 0 Å². The first kappa shape index (κ1) is 26.2. The topological polar surface area (TPSA) is 108 Å². The Labute approximate surface area is 219 Å². The highest BCUT2D eigenvalue weighted by Gasteiger charge is 2.80. The van der Waals surface area contributed by atoms with Gasteiger partial charge in [-0.3, -0.25) is 14.4 Å². The molecule has 3 unspecified atom stereocenters. The molecule has 2 bridgehead atoms. The number of para-hydroxylation sites is 1. The second-order valence-corrected chi connectivity index (χ2v) is 12.1. The maximum atomic E-state index is 14.3. The molecular formula is C29H41N3O5. The van der Waals surface area contributed by atoms with E-state index in [4.69, 9.17) is 4.74 Å². The number of ether oxygens (including phenoxy) is 1. The Morgan fingerprint density at radius 3 is 2.43 bits per heavy atom. The molecule has 3 amide bonds. The van der Waals surface area contributed by atoms with E-state index in [1.54, 1.807) is 4.90 Å². The lowest BCUT2D eigenvalue weighted by Crippen LogP contribution is -2.60. The summed E-state index contributed by atoms with van der Waals surface area (Å²) in [6.07, 6.45) is 5.68. The summed E-state index contributed by atoms with van der Waals surface area (Å²) in [4.78, 5) is 43.7. The highest BCUT2D eigenvalue weighted by atomic mass is 16.5. The number of hydrogen-bond donors (Lipinski definition) is 3. The summed E-state index contributed by atoms with van der Waals surface area (Å²) in [5.41, 5.74) is -1.32. The molecule has 3 heterocycles. The highest BCUT2D eigenvalue weighted by Crippen LogP contribution is 2.65. The van der Waals surface area contributed by atoms with Crippen LogP contribution in [0.25, 0.3) is 0 Å². The first-order chi connectivity index (χ1) is 17.6. The molecule has 8 heteroatoms. The van der Waals surface area contributed by atoms with Crippen molar-refractivity contribution < 1.29 is 24.2 Å². The number of aliphatic hydroxyl groups excluding tert-OH is 1. The van der Waals surface area contributed by atoms with Gasteiger partial charge in [-0.15, -0.1) is 0 Å². The van der Waals surface area contributed by atoms with E-state index in [9.17, 15) is 19.5 Å². The minimum absolute atomic E-state index is 0.0281. The standard InChI is InChI=1S/C29H41N3O5/c1-17(2)21(16-33)32-24(26(35)31-20-13-9-6-10-14-20)29-15-18(3)28(4,37-29)22(23(29)27(32)36)25(34)30-19-11-7-5-8-12-19/h5,7-8,11-12,17-18,20-24,33H,6,9-10,13-16H2,1-4H3,(H,30,34)(H,31,35)/t18?,21-,22+,23-,24?,28-,29?/m0/s1. The van der Waals surface area contributed by atoms with Gasteiger partial charge in [0.15, 0.2) is 0 Å². The first-order valence-corrected chi connectivity index (χ1v) is 13.9. The maximum absolute atomic E-state index is 14.3. The number of nitrogens with one attached hydrogen (secondary N) is 2. The number of amides is 3. The summed E-state index contributed by atoms with van der Waals surface area (Å²) in [7, 11) is 0. The molecule has 1 aromatic rings. The molecule has 3 saturated heterocycles. The third-order valence-corrected chi connectivity index (χ3v) is 9.59. The van der Waals surface area contributed by atoms with Crippen LogP contribution in [0, 0.1) is 23.7 Å². The third-order valence-electron chi connectivity index (χ3n) is 9.59. The van der Waals surface area contributed by atoms with Crippen LogP contribution in [0.1, 0.15) is 66.2 Å². The van der Waals surface area contributed by atoms with Gasteiger partial charge < -0.3 is 25.4 Å². The Morgan fingerprint density at radius 2 is 1.81 bits per heavy atom. The zero-order valence-corrected chi connectivity index (χ0v) is 22.4. The van der Waals surface area contributed by atoms with Crippen molar-refractivity contribution >= 4 is 23.4 Å².